The number of amides is 2. The van der Waals surface area contributed by atoms with E-state index in [2.05, 4.69) is 35.2 Å². The van der Waals surface area contributed by atoms with E-state index in [-0.39, 0.29) is 17.9 Å². The summed E-state index contributed by atoms with van der Waals surface area (Å²) in [6, 6.07) is 18.0. The van der Waals surface area contributed by atoms with Crippen LogP contribution in [0, 0.1) is 12.8 Å². The highest BCUT2D eigenvalue weighted by Crippen LogP contribution is 2.30. The quantitative estimate of drug-likeness (QED) is 0.688. The summed E-state index contributed by atoms with van der Waals surface area (Å²) in [6.07, 6.45) is 6.16. The summed E-state index contributed by atoms with van der Waals surface area (Å²) in [7, 11) is 0. The number of likely N-dealkylation sites (tertiary alicyclic amines) is 1. The summed E-state index contributed by atoms with van der Waals surface area (Å²) < 4.78 is 0. The van der Waals surface area contributed by atoms with Gasteiger partial charge in [-0.15, -0.1) is 0 Å². The molecule has 2 aromatic carbocycles. The van der Waals surface area contributed by atoms with Gasteiger partial charge in [-0.2, -0.15) is 0 Å². The van der Waals surface area contributed by atoms with Crippen LogP contribution in [-0.2, 0) is 16.0 Å². The number of nitrogens with zero attached hydrogens (tertiary/aromatic N) is 2. The first kappa shape index (κ1) is 19.8. The molecule has 0 radical (unpaired) electrons. The van der Waals surface area contributed by atoms with Gasteiger partial charge in [0.1, 0.15) is 0 Å². The van der Waals surface area contributed by atoms with Gasteiger partial charge in [-0.25, -0.2) is 4.90 Å². The maximum atomic E-state index is 13.0. The van der Waals surface area contributed by atoms with Gasteiger partial charge >= 0.3 is 0 Å². The number of imide groups is 1. The van der Waals surface area contributed by atoms with E-state index in [1.807, 2.05) is 31.2 Å². The molecule has 1 atom stereocenters. The van der Waals surface area contributed by atoms with Gasteiger partial charge < -0.3 is 0 Å². The number of carbonyl (C=O) groups is 2. The Bertz CT molecular complexity index is 839. The number of hydrogen-bond donors (Lipinski definition) is 0. The van der Waals surface area contributed by atoms with E-state index in [1.54, 1.807) is 0 Å². The Hall–Kier alpha value is -2.46. The van der Waals surface area contributed by atoms with Crippen molar-refractivity contribution in [3.63, 3.8) is 0 Å². The molecule has 0 spiro atoms. The zero-order valence-electron chi connectivity index (χ0n) is 17.2. The maximum absolute atomic E-state index is 13.0. The fourth-order valence-electron chi connectivity index (χ4n) is 4.66. The Morgan fingerprint density at radius 1 is 0.931 bits per heavy atom. The molecule has 29 heavy (non-hydrogen) atoms. The monoisotopic (exact) mass is 390 g/mol. The van der Waals surface area contributed by atoms with Crippen molar-refractivity contribution in [1.82, 2.24) is 4.90 Å². The summed E-state index contributed by atoms with van der Waals surface area (Å²) in [5.41, 5.74) is 3.24. The lowest BCUT2D eigenvalue weighted by Crippen LogP contribution is -2.46. The second-order valence-corrected chi connectivity index (χ2v) is 8.48. The van der Waals surface area contributed by atoms with E-state index in [4.69, 9.17) is 0 Å². The molecule has 2 aliphatic heterocycles. The van der Waals surface area contributed by atoms with Crippen LogP contribution in [0.2, 0.25) is 0 Å². The molecule has 0 bridgehead atoms. The van der Waals surface area contributed by atoms with E-state index in [9.17, 15) is 9.59 Å². The minimum atomic E-state index is -0.283. The molecule has 4 heteroatoms. The van der Waals surface area contributed by atoms with Crippen LogP contribution in [0.3, 0.4) is 0 Å². The van der Waals surface area contributed by atoms with Gasteiger partial charge in [-0.3, -0.25) is 14.5 Å². The SMILES string of the molecule is Cc1ccc(N2C(=O)C[C@H](N3CCC(CCCc4ccccc4)CC3)C2=O)cc1. The van der Waals surface area contributed by atoms with Crippen LogP contribution in [0.5, 0.6) is 0 Å². The Morgan fingerprint density at radius 3 is 2.31 bits per heavy atom. The van der Waals surface area contributed by atoms with Crippen molar-refractivity contribution in [2.45, 2.75) is 51.5 Å². The van der Waals surface area contributed by atoms with E-state index in [0.717, 1.165) is 43.8 Å². The lowest BCUT2D eigenvalue weighted by Gasteiger charge is -2.34. The summed E-state index contributed by atoms with van der Waals surface area (Å²) in [6.45, 7) is 3.84. The van der Waals surface area contributed by atoms with Gasteiger partial charge in [0, 0.05) is 0 Å². The zero-order chi connectivity index (χ0) is 20.2. The Morgan fingerprint density at radius 2 is 1.62 bits per heavy atom. The first-order valence-corrected chi connectivity index (χ1v) is 10.8. The second-order valence-electron chi connectivity index (χ2n) is 8.48. The molecule has 0 aromatic heterocycles. The molecule has 2 saturated heterocycles. The van der Waals surface area contributed by atoms with E-state index < -0.39 is 0 Å². The van der Waals surface area contributed by atoms with E-state index in [0.29, 0.717) is 12.1 Å². The first-order chi connectivity index (χ1) is 14.1. The minimum Gasteiger partial charge on any atom is -0.292 e. The summed E-state index contributed by atoms with van der Waals surface area (Å²) in [5, 5.41) is 0. The summed E-state index contributed by atoms with van der Waals surface area (Å²) in [4.78, 5) is 29.1. The van der Waals surface area contributed by atoms with Crippen LogP contribution in [0.15, 0.2) is 54.6 Å². The third-order valence-electron chi connectivity index (χ3n) is 6.43. The van der Waals surface area contributed by atoms with Crippen molar-refractivity contribution in [3.8, 4) is 0 Å². The molecule has 0 aliphatic carbocycles. The zero-order valence-corrected chi connectivity index (χ0v) is 17.2. The average Bonchev–Trinajstić information content (AvgIpc) is 3.04. The van der Waals surface area contributed by atoms with E-state index in [1.165, 1.54) is 23.3 Å². The molecule has 2 aromatic rings. The lowest BCUT2D eigenvalue weighted by molar-refractivity contribution is -0.123. The van der Waals surface area contributed by atoms with Crippen LogP contribution in [0.1, 0.15) is 43.2 Å². The Balaban J connectivity index is 1.28. The van der Waals surface area contributed by atoms with Gasteiger partial charge in [-0.1, -0.05) is 54.4 Å². The van der Waals surface area contributed by atoms with Gasteiger partial charge in [0.2, 0.25) is 5.91 Å². The van der Waals surface area contributed by atoms with Crippen LogP contribution >= 0.6 is 0 Å². The van der Waals surface area contributed by atoms with Crippen LogP contribution in [0.4, 0.5) is 5.69 Å². The largest absolute Gasteiger partial charge is 0.292 e. The highest BCUT2D eigenvalue weighted by molar-refractivity contribution is 6.22. The number of carbonyl (C=O) groups excluding carboxylic acids is 2. The predicted octanol–water partition coefficient (Wildman–Crippen LogP) is 4.36. The predicted molar refractivity (Wildman–Crippen MR) is 116 cm³/mol. The van der Waals surface area contributed by atoms with Crippen LogP contribution in [0.25, 0.3) is 0 Å². The number of benzene rings is 2. The molecule has 152 valence electrons. The lowest BCUT2D eigenvalue weighted by atomic mass is 9.90. The van der Waals surface area contributed by atoms with Crippen molar-refractivity contribution in [1.29, 1.82) is 0 Å². The highest BCUT2D eigenvalue weighted by atomic mass is 16.2. The van der Waals surface area contributed by atoms with Crippen molar-refractivity contribution in [2.75, 3.05) is 18.0 Å². The number of anilines is 1. The van der Waals surface area contributed by atoms with Crippen LogP contribution < -0.4 is 4.90 Å². The molecule has 4 rings (SSSR count). The molecule has 0 unspecified atom stereocenters. The Kier molecular flexibility index (Phi) is 6.10. The fourth-order valence-corrected chi connectivity index (χ4v) is 4.66. The summed E-state index contributed by atoms with van der Waals surface area (Å²) >= 11 is 0. The number of hydrogen-bond acceptors (Lipinski definition) is 3. The van der Waals surface area contributed by atoms with Crippen LogP contribution in [-0.4, -0.2) is 35.8 Å². The first-order valence-electron chi connectivity index (χ1n) is 10.8. The topological polar surface area (TPSA) is 40.6 Å². The Labute approximate surface area is 173 Å². The smallest absolute Gasteiger partial charge is 0.251 e. The van der Waals surface area contributed by atoms with Gasteiger partial charge in [-0.05, 0) is 69.3 Å². The number of piperidine rings is 1. The second kappa shape index (κ2) is 8.91. The number of aryl methyl sites for hydroxylation is 2. The fraction of sp³-hybridized carbons (Fsp3) is 0.440. The molecular formula is C25H30N2O2. The molecule has 2 amide bonds. The standard InChI is InChI=1S/C25H30N2O2/c1-19-10-12-22(13-11-19)27-24(28)18-23(25(27)29)26-16-14-21(15-17-26)9-5-8-20-6-3-2-4-7-20/h2-4,6-7,10-13,21,23H,5,8-9,14-18H2,1H3/t23-/m0/s1. The third-order valence-corrected chi connectivity index (χ3v) is 6.43. The van der Waals surface area contributed by atoms with Crippen molar-refractivity contribution in [2.24, 2.45) is 5.92 Å². The molecule has 2 aliphatic rings. The third kappa shape index (κ3) is 4.59. The van der Waals surface area contributed by atoms with Gasteiger partial charge in [0.15, 0.2) is 0 Å². The van der Waals surface area contributed by atoms with Crippen molar-refractivity contribution in [3.05, 3.63) is 65.7 Å². The number of rotatable bonds is 6. The van der Waals surface area contributed by atoms with Gasteiger partial charge in [0.25, 0.3) is 5.91 Å². The molecule has 2 fully saturated rings. The van der Waals surface area contributed by atoms with E-state index >= 15 is 0 Å². The molecule has 2 heterocycles. The molecule has 4 nitrogen and oxygen atoms in total. The van der Waals surface area contributed by atoms with Gasteiger partial charge in [0.05, 0.1) is 18.2 Å². The average molecular weight is 391 g/mol. The molecule has 0 saturated carbocycles. The highest BCUT2D eigenvalue weighted by Gasteiger charge is 2.43. The van der Waals surface area contributed by atoms with Crippen molar-refractivity contribution >= 4 is 17.5 Å². The van der Waals surface area contributed by atoms with Crippen molar-refractivity contribution < 1.29 is 9.59 Å². The maximum Gasteiger partial charge on any atom is 0.251 e. The molecular weight excluding hydrogens is 360 g/mol. The molecule has 0 N–H and O–H groups in total. The minimum absolute atomic E-state index is 0.0543. The summed E-state index contributed by atoms with van der Waals surface area (Å²) in [5.74, 6) is 0.602. The normalized spacial score (nSPS) is 21.1.